The first-order valence-corrected chi connectivity index (χ1v) is 14.2. The Morgan fingerprint density at radius 3 is 2.23 bits per heavy atom. The molecular formula is C25H32N2O3Si. The van der Waals surface area contributed by atoms with Gasteiger partial charge in [-0.2, -0.15) is 0 Å². The number of hydrogen-bond donors (Lipinski definition) is 0. The molecule has 2 aromatic carbocycles. The summed E-state index contributed by atoms with van der Waals surface area (Å²) in [5.41, 5.74) is 5.88. The van der Waals surface area contributed by atoms with Gasteiger partial charge in [-0.05, 0) is 16.7 Å². The molecule has 0 spiro atoms. The Morgan fingerprint density at radius 1 is 1.03 bits per heavy atom. The van der Waals surface area contributed by atoms with E-state index in [1.807, 2.05) is 36.4 Å². The van der Waals surface area contributed by atoms with E-state index in [9.17, 15) is 9.59 Å². The van der Waals surface area contributed by atoms with E-state index in [-0.39, 0.29) is 25.0 Å². The molecule has 0 saturated carbocycles. The molecule has 1 unspecified atom stereocenters. The summed E-state index contributed by atoms with van der Waals surface area (Å²) in [6, 6.07) is 20.5. The van der Waals surface area contributed by atoms with E-state index in [0.29, 0.717) is 13.1 Å². The van der Waals surface area contributed by atoms with Crippen LogP contribution in [0.3, 0.4) is 0 Å². The van der Waals surface area contributed by atoms with Gasteiger partial charge in [0.15, 0.2) is 0 Å². The summed E-state index contributed by atoms with van der Waals surface area (Å²) >= 11 is 0. The monoisotopic (exact) mass is 436 g/mol. The first kappa shape index (κ1) is 23.0. The fourth-order valence-corrected chi connectivity index (χ4v) is 5.43. The third kappa shape index (κ3) is 6.39. The highest BCUT2D eigenvalue weighted by atomic mass is 28.3. The van der Waals surface area contributed by atoms with Crippen molar-refractivity contribution in [1.29, 1.82) is 0 Å². The van der Waals surface area contributed by atoms with Crippen molar-refractivity contribution >= 4 is 20.0 Å². The number of carbonyl (C=O) groups is 2. The molecule has 1 atom stereocenters. The highest BCUT2D eigenvalue weighted by molar-refractivity contribution is 6.81. The predicted octanol–water partition coefficient (Wildman–Crippen LogP) is 4.05. The topological polar surface area (TPSA) is 49.9 Å². The second-order valence-corrected chi connectivity index (χ2v) is 14.1. The van der Waals surface area contributed by atoms with E-state index < -0.39 is 14.0 Å². The van der Waals surface area contributed by atoms with Crippen LogP contribution < -0.4 is 0 Å². The van der Waals surface area contributed by atoms with E-state index in [1.54, 1.807) is 4.90 Å². The molecule has 1 amide bonds. The van der Waals surface area contributed by atoms with Crippen molar-refractivity contribution in [2.75, 3.05) is 26.7 Å². The summed E-state index contributed by atoms with van der Waals surface area (Å²) in [5.74, 6) is -0.449. The van der Waals surface area contributed by atoms with E-state index in [0.717, 1.165) is 11.1 Å². The van der Waals surface area contributed by atoms with Crippen LogP contribution in [0, 0.1) is 0 Å². The molecule has 2 aromatic rings. The summed E-state index contributed by atoms with van der Waals surface area (Å²) in [6.07, 6.45) is 0. The summed E-state index contributed by atoms with van der Waals surface area (Å²) < 4.78 is 4.86. The van der Waals surface area contributed by atoms with Gasteiger partial charge in [0.1, 0.15) is 6.54 Å². The van der Waals surface area contributed by atoms with Crippen LogP contribution in [0.4, 0.5) is 0 Å². The number of benzene rings is 2. The molecule has 0 radical (unpaired) electrons. The standard InChI is InChI=1S/C25H32N2O3Si/c1-30-24(29)18-26-16-22(19-31(2,3)4)25(21-13-9-6-10-14-21)27(17-23(26)28)15-20-11-7-5-8-12-20/h5-14,19,25H,15-18H2,1-4H3/b22-19+. The number of carbonyl (C=O) groups excluding carboxylic acids is 2. The lowest BCUT2D eigenvalue weighted by Crippen LogP contribution is -2.40. The van der Waals surface area contributed by atoms with Gasteiger partial charge in [0.2, 0.25) is 5.91 Å². The number of rotatable bonds is 6. The van der Waals surface area contributed by atoms with E-state index in [1.165, 1.54) is 12.7 Å². The average molecular weight is 437 g/mol. The normalized spacial score (nSPS) is 19.4. The molecule has 6 heteroatoms. The van der Waals surface area contributed by atoms with Crippen molar-refractivity contribution in [1.82, 2.24) is 9.80 Å². The molecule has 1 heterocycles. The van der Waals surface area contributed by atoms with Gasteiger partial charge in [0.25, 0.3) is 0 Å². The third-order valence-corrected chi connectivity index (χ3v) is 6.53. The highest BCUT2D eigenvalue weighted by Gasteiger charge is 2.34. The molecule has 0 N–H and O–H groups in total. The number of hydrogen-bond acceptors (Lipinski definition) is 4. The van der Waals surface area contributed by atoms with Crippen molar-refractivity contribution in [3.8, 4) is 0 Å². The lowest BCUT2D eigenvalue weighted by atomic mass is 9.97. The predicted molar refractivity (Wildman–Crippen MR) is 126 cm³/mol. The van der Waals surface area contributed by atoms with Gasteiger partial charge in [-0.1, -0.05) is 86.0 Å². The molecule has 1 fully saturated rings. The molecule has 0 bridgehead atoms. The van der Waals surface area contributed by atoms with Gasteiger partial charge in [0.05, 0.1) is 27.8 Å². The van der Waals surface area contributed by atoms with Gasteiger partial charge in [-0.25, -0.2) is 0 Å². The zero-order chi connectivity index (χ0) is 22.4. The van der Waals surface area contributed by atoms with Crippen molar-refractivity contribution in [3.05, 3.63) is 83.1 Å². The second kappa shape index (κ2) is 10.1. The van der Waals surface area contributed by atoms with Crippen molar-refractivity contribution < 1.29 is 14.3 Å². The lowest BCUT2D eigenvalue weighted by molar-refractivity contribution is -0.146. The minimum atomic E-state index is -1.61. The van der Waals surface area contributed by atoms with Gasteiger partial charge in [0, 0.05) is 13.1 Å². The van der Waals surface area contributed by atoms with Crippen LogP contribution in [0.1, 0.15) is 17.2 Å². The van der Waals surface area contributed by atoms with Crippen LogP contribution in [0.15, 0.2) is 71.9 Å². The van der Waals surface area contributed by atoms with E-state index >= 15 is 0 Å². The van der Waals surface area contributed by atoms with Crippen LogP contribution in [-0.2, 0) is 20.9 Å². The summed E-state index contributed by atoms with van der Waals surface area (Å²) in [5, 5.41) is 0. The molecule has 1 aliphatic heterocycles. The molecule has 0 aliphatic carbocycles. The maximum atomic E-state index is 13.2. The summed E-state index contributed by atoms with van der Waals surface area (Å²) in [7, 11) is -0.247. The number of amides is 1. The smallest absolute Gasteiger partial charge is 0.325 e. The molecule has 5 nitrogen and oxygen atoms in total. The minimum absolute atomic E-state index is 0.0280. The van der Waals surface area contributed by atoms with Crippen LogP contribution in [0.25, 0.3) is 0 Å². The fourth-order valence-electron chi connectivity index (χ4n) is 4.07. The molecule has 164 valence electrons. The Kier molecular flexibility index (Phi) is 7.46. The van der Waals surface area contributed by atoms with Gasteiger partial charge in [-0.15, -0.1) is 0 Å². The first-order valence-electron chi connectivity index (χ1n) is 10.7. The summed E-state index contributed by atoms with van der Waals surface area (Å²) in [6.45, 7) is 8.18. The Balaban J connectivity index is 2.08. The van der Waals surface area contributed by atoms with Crippen LogP contribution in [0.2, 0.25) is 19.6 Å². The average Bonchev–Trinajstić information content (AvgIpc) is 2.84. The fraction of sp³-hybridized carbons (Fsp3) is 0.360. The Labute approximate surface area is 186 Å². The number of ether oxygens (including phenoxy) is 1. The molecule has 3 rings (SSSR count). The number of nitrogens with zero attached hydrogens (tertiary/aromatic N) is 2. The third-order valence-electron chi connectivity index (χ3n) is 5.29. The lowest BCUT2D eigenvalue weighted by Gasteiger charge is -2.32. The number of esters is 1. The molecule has 31 heavy (non-hydrogen) atoms. The minimum Gasteiger partial charge on any atom is -0.468 e. The maximum Gasteiger partial charge on any atom is 0.325 e. The SMILES string of the molecule is COC(=O)CN1C/C(=C\[Si](C)(C)C)C(c2ccccc2)N(Cc2ccccc2)CC1=O. The zero-order valence-electron chi connectivity index (χ0n) is 18.9. The summed E-state index contributed by atoms with van der Waals surface area (Å²) in [4.78, 5) is 29.1. The van der Waals surface area contributed by atoms with Gasteiger partial charge >= 0.3 is 5.97 Å². The van der Waals surface area contributed by atoms with Crippen LogP contribution in [0.5, 0.6) is 0 Å². The Bertz CT molecular complexity index is 923. The van der Waals surface area contributed by atoms with E-state index in [2.05, 4.69) is 54.5 Å². The molecule has 0 aromatic heterocycles. The van der Waals surface area contributed by atoms with Crippen molar-refractivity contribution in [2.45, 2.75) is 32.2 Å². The Morgan fingerprint density at radius 2 is 1.65 bits per heavy atom. The molecule has 1 saturated heterocycles. The van der Waals surface area contributed by atoms with Crippen molar-refractivity contribution in [3.63, 3.8) is 0 Å². The van der Waals surface area contributed by atoms with Crippen molar-refractivity contribution in [2.24, 2.45) is 0 Å². The van der Waals surface area contributed by atoms with Crippen LogP contribution in [-0.4, -0.2) is 56.5 Å². The largest absolute Gasteiger partial charge is 0.468 e. The first-order chi connectivity index (χ1) is 14.8. The van der Waals surface area contributed by atoms with Gasteiger partial charge < -0.3 is 9.64 Å². The second-order valence-electron chi connectivity index (χ2n) is 9.12. The quantitative estimate of drug-likeness (QED) is 0.506. The molecule has 1 aliphatic rings. The van der Waals surface area contributed by atoms with Crippen LogP contribution >= 0.6 is 0 Å². The highest BCUT2D eigenvalue weighted by Crippen LogP contribution is 2.34. The Hall–Kier alpha value is -2.70. The molecular weight excluding hydrogens is 404 g/mol. The zero-order valence-corrected chi connectivity index (χ0v) is 19.9. The van der Waals surface area contributed by atoms with E-state index in [4.69, 9.17) is 4.74 Å². The maximum absolute atomic E-state index is 13.2. The number of methoxy groups -OCH3 is 1. The van der Waals surface area contributed by atoms with Gasteiger partial charge in [-0.3, -0.25) is 14.5 Å².